The molecule has 0 aromatic heterocycles. The highest BCUT2D eigenvalue weighted by molar-refractivity contribution is 9.10. The predicted octanol–water partition coefficient (Wildman–Crippen LogP) is 3.42. The van der Waals surface area contributed by atoms with E-state index in [9.17, 15) is 17.2 Å². The second kappa shape index (κ2) is 5.61. The lowest BCUT2D eigenvalue weighted by Crippen LogP contribution is -2.16. The monoisotopic (exact) mass is 376 g/mol. The molecule has 21 heavy (non-hydrogen) atoms. The SMILES string of the molecule is Cc1ccc(F)cc1NS(=O)(=O)c1cc(N)c(Br)cc1F. The molecule has 2 aromatic carbocycles. The Morgan fingerprint density at radius 3 is 2.52 bits per heavy atom. The van der Waals surface area contributed by atoms with Gasteiger partial charge in [0.2, 0.25) is 0 Å². The summed E-state index contributed by atoms with van der Waals surface area (Å²) in [5, 5.41) is 0. The minimum atomic E-state index is -4.22. The van der Waals surface area contributed by atoms with Crippen LogP contribution in [0.5, 0.6) is 0 Å². The van der Waals surface area contributed by atoms with Gasteiger partial charge < -0.3 is 5.73 Å². The fourth-order valence-corrected chi connectivity index (χ4v) is 3.19. The molecule has 8 heteroatoms. The number of nitrogen functional groups attached to an aromatic ring is 1. The highest BCUT2D eigenvalue weighted by Gasteiger charge is 2.21. The summed E-state index contributed by atoms with van der Waals surface area (Å²) in [5.74, 6) is -1.56. The minimum absolute atomic E-state index is 0.0379. The summed E-state index contributed by atoms with van der Waals surface area (Å²) >= 11 is 3.01. The number of hydrogen-bond acceptors (Lipinski definition) is 3. The lowest BCUT2D eigenvalue weighted by molar-refractivity contribution is 0.570. The van der Waals surface area contributed by atoms with Crippen molar-refractivity contribution in [3.63, 3.8) is 0 Å². The number of rotatable bonds is 3. The highest BCUT2D eigenvalue weighted by Crippen LogP contribution is 2.28. The van der Waals surface area contributed by atoms with Gasteiger partial charge in [-0.25, -0.2) is 17.2 Å². The van der Waals surface area contributed by atoms with E-state index in [-0.39, 0.29) is 15.8 Å². The van der Waals surface area contributed by atoms with Crippen molar-refractivity contribution in [3.05, 3.63) is 52.0 Å². The first-order valence-electron chi connectivity index (χ1n) is 5.74. The number of halogens is 3. The summed E-state index contributed by atoms with van der Waals surface area (Å²) in [6, 6.07) is 5.59. The van der Waals surface area contributed by atoms with E-state index in [4.69, 9.17) is 5.73 Å². The Morgan fingerprint density at radius 2 is 1.86 bits per heavy atom. The summed E-state index contributed by atoms with van der Waals surface area (Å²) in [6.45, 7) is 1.60. The molecule has 0 saturated heterocycles. The van der Waals surface area contributed by atoms with E-state index in [0.29, 0.717) is 5.56 Å². The van der Waals surface area contributed by atoms with E-state index in [1.165, 1.54) is 12.1 Å². The van der Waals surface area contributed by atoms with Crippen molar-refractivity contribution in [3.8, 4) is 0 Å². The molecule has 0 bridgehead atoms. The first kappa shape index (κ1) is 15.7. The molecule has 2 rings (SSSR count). The van der Waals surface area contributed by atoms with Crippen LogP contribution in [0.2, 0.25) is 0 Å². The predicted molar refractivity (Wildman–Crippen MR) is 80.5 cm³/mol. The van der Waals surface area contributed by atoms with E-state index in [1.54, 1.807) is 6.92 Å². The lowest BCUT2D eigenvalue weighted by atomic mass is 10.2. The molecule has 0 aliphatic carbocycles. The molecule has 0 fully saturated rings. The Hall–Kier alpha value is -1.67. The highest BCUT2D eigenvalue weighted by atomic mass is 79.9. The van der Waals surface area contributed by atoms with Crippen LogP contribution in [-0.4, -0.2) is 8.42 Å². The number of aryl methyl sites for hydroxylation is 1. The fourth-order valence-electron chi connectivity index (χ4n) is 1.65. The molecule has 0 unspecified atom stereocenters. The van der Waals surface area contributed by atoms with Gasteiger partial charge in [0.1, 0.15) is 16.5 Å². The summed E-state index contributed by atoms with van der Waals surface area (Å²) in [7, 11) is -4.22. The minimum Gasteiger partial charge on any atom is -0.398 e. The van der Waals surface area contributed by atoms with Gasteiger partial charge in [0.05, 0.1) is 5.69 Å². The molecule has 112 valence electrons. The third kappa shape index (κ3) is 3.33. The van der Waals surface area contributed by atoms with Crippen LogP contribution in [0.25, 0.3) is 0 Å². The molecule has 0 atom stereocenters. The lowest BCUT2D eigenvalue weighted by Gasteiger charge is -2.12. The van der Waals surface area contributed by atoms with Gasteiger partial charge in [0.15, 0.2) is 0 Å². The Morgan fingerprint density at radius 1 is 1.19 bits per heavy atom. The molecule has 0 aliphatic heterocycles. The van der Waals surface area contributed by atoms with Gasteiger partial charge in [0, 0.05) is 10.2 Å². The van der Waals surface area contributed by atoms with E-state index in [1.807, 2.05) is 0 Å². The fraction of sp³-hybridized carbons (Fsp3) is 0.0769. The van der Waals surface area contributed by atoms with Gasteiger partial charge >= 0.3 is 0 Å². The van der Waals surface area contributed by atoms with Crippen molar-refractivity contribution in [2.24, 2.45) is 0 Å². The van der Waals surface area contributed by atoms with E-state index < -0.39 is 26.6 Å². The zero-order valence-corrected chi connectivity index (χ0v) is 13.2. The van der Waals surface area contributed by atoms with Crippen molar-refractivity contribution >= 4 is 37.3 Å². The molecule has 0 spiro atoms. The average Bonchev–Trinajstić information content (AvgIpc) is 2.37. The van der Waals surface area contributed by atoms with Gasteiger partial charge in [-0.15, -0.1) is 0 Å². The number of nitrogens with two attached hydrogens (primary N) is 1. The van der Waals surface area contributed by atoms with Gasteiger partial charge in [-0.1, -0.05) is 6.07 Å². The average molecular weight is 377 g/mol. The molecule has 0 radical (unpaired) electrons. The number of nitrogens with one attached hydrogen (secondary N) is 1. The van der Waals surface area contributed by atoms with Crippen LogP contribution in [-0.2, 0) is 10.0 Å². The third-order valence-corrected chi connectivity index (χ3v) is 4.85. The van der Waals surface area contributed by atoms with Crippen LogP contribution in [0.3, 0.4) is 0 Å². The van der Waals surface area contributed by atoms with Gasteiger partial charge in [-0.3, -0.25) is 4.72 Å². The maximum Gasteiger partial charge on any atom is 0.264 e. The Balaban J connectivity index is 2.48. The van der Waals surface area contributed by atoms with Crippen LogP contribution in [0.15, 0.2) is 39.7 Å². The standard InChI is InChI=1S/C13H11BrF2N2O2S/c1-7-2-3-8(15)4-12(7)18-21(19,20)13-6-11(17)9(14)5-10(13)16/h2-6,18H,17H2,1H3. The van der Waals surface area contributed by atoms with Crippen molar-refractivity contribution in [1.82, 2.24) is 0 Å². The largest absolute Gasteiger partial charge is 0.398 e. The van der Waals surface area contributed by atoms with Gasteiger partial charge in [-0.05, 0) is 52.7 Å². The summed E-state index contributed by atoms with van der Waals surface area (Å²) in [6.07, 6.45) is 0. The van der Waals surface area contributed by atoms with Gasteiger partial charge in [-0.2, -0.15) is 0 Å². The topological polar surface area (TPSA) is 72.2 Å². The summed E-state index contributed by atoms with van der Waals surface area (Å²) in [5.41, 5.74) is 6.19. The molecular weight excluding hydrogens is 366 g/mol. The van der Waals surface area contributed by atoms with Crippen LogP contribution < -0.4 is 10.5 Å². The summed E-state index contributed by atoms with van der Waals surface area (Å²) in [4.78, 5) is -0.605. The van der Waals surface area contributed by atoms with Crippen molar-refractivity contribution in [2.45, 2.75) is 11.8 Å². The van der Waals surface area contributed by atoms with Crippen LogP contribution in [0.1, 0.15) is 5.56 Å². The molecule has 2 aromatic rings. The number of benzene rings is 2. The Kier molecular flexibility index (Phi) is 4.20. The Labute approximate surface area is 129 Å². The summed E-state index contributed by atoms with van der Waals surface area (Å²) < 4.78 is 53.8. The third-order valence-electron chi connectivity index (χ3n) is 2.78. The van der Waals surface area contributed by atoms with Crippen molar-refractivity contribution in [1.29, 1.82) is 0 Å². The normalized spacial score (nSPS) is 11.4. The zero-order valence-electron chi connectivity index (χ0n) is 10.8. The maximum absolute atomic E-state index is 13.8. The molecule has 3 N–H and O–H groups in total. The molecular formula is C13H11BrF2N2O2S. The van der Waals surface area contributed by atoms with Crippen LogP contribution in [0, 0.1) is 18.6 Å². The van der Waals surface area contributed by atoms with E-state index in [2.05, 4.69) is 20.7 Å². The zero-order chi connectivity index (χ0) is 15.8. The number of anilines is 2. The molecule has 0 heterocycles. The first-order chi connectivity index (χ1) is 9.70. The van der Waals surface area contributed by atoms with E-state index in [0.717, 1.165) is 18.2 Å². The smallest absolute Gasteiger partial charge is 0.264 e. The van der Waals surface area contributed by atoms with E-state index >= 15 is 0 Å². The molecule has 4 nitrogen and oxygen atoms in total. The second-order valence-electron chi connectivity index (χ2n) is 4.37. The second-order valence-corrected chi connectivity index (χ2v) is 6.87. The van der Waals surface area contributed by atoms with Crippen molar-refractivity contribution < 1.29 is 17.2 Å². The Bertz CT molecular complexity index is 810. The van der Waals surface area contributed by atoms with Gasteiger partial charge in [0.25, 0.3) is 10.0 Å². The number of sulfonamides is 1. The molecule has 0 saturated carbocycles. The quantitative estimate of drug-likeness (QED) is 0.806. The first-order valence-corrected chi connectivity index (χ1v) is 8.02. The van der Waals surface area contributed by atoms with Crippen LogP contribution >= 0.6 is 15.9 Å². The molecule has 0 amide bonds. The molecule has 0 aliphatic rings. The maximum atomic E-state index is 13.8. The number of hydrogen-bond donors (Lipinski definition) is 2. The van der Waals surface area contributed by atoms with Crippen molar-refractivity contribution in [2.75, 3.05) is 10.5 Å². The van der Waals surface area contributed by atoms with Crippen LogP contribution in [0.4, 0.5) is 20.2 Å².